The zero-order valence-electron chi connectivity index (χ0n) is 16.3. The van der Waals surface area contributed by atoms with Gasteiger partial charge in [0, 0.05) is 12.5 Å². The van der Waals surface area contributed by atoms with Gasteiger partial charge in [0.2, 0.25) is 27.1 Å². The summed E-state index contributed by atoms with van der Waals surface area (Å²) in [5, 5.41) is 13.5. The molecule has 2 heterocycles. The van der Waals surface area contributed by atoms with Gasteiger partial charge in [-0.2, -0.15) is 9.71 Å². The predicted molar refractivity (Wildman–Crippen MR) is 107 cm³/mol. The monoisotopic (exact) mass is 436 g/mol. The zero-order valence-corrected chi connectivity index (χ0v) is 17.9. The fourth-order valence-electron chi connectivity index (χ4n) is 2.30. The van der Waals surface area contributed by atoms with E-state index in [0.29, 0.717) is 5.82 Å². The molecule has 12 heteroatoms. The number of carbonyl (C=O) groups excluding carboxylic acids is 1. The average molecular weight is 437 g/mol. The fourth-order valence-corrected chi connectivity index (χ4v) is 4.26. The van der Waals surface area contributed by atoms with Crippen LogP contribution < -0.4 is 10.0 Å². The molecule has 1 aromatic carbocycles. The summed E-state index contributed by atoms with van der Waals surface area (Å²) in [5.41, 5.74) is 1.97. The van der Waals surface area contributed by atoms with Crippen molar-refractivity contribution in [2.75, 3.05) is 5.32 Å². The summed E-state index contributed by atoms with van der Waals surface area (Å²) in [7, 11) is -3.93. The van der Waals surface area contributed by atoms with Crippen LogP contribution in [0.25, 0.3) is 11.4 Å². The molecule has 0 spiro atoms. The number of hydrogen-bond acceptors (Lipinski definition) is 9. The molecular weight excluding hydrogens is 416 g/mol. The highest BCUT2D eigenvalue weighted by atomic mass is 32.2. The lowest BCUT2D eigenvalue weighted by Gasteiger charge is -2.18. The first-order valence-electron chi connectivity index (χ1n) is 8.59. The minimum absolute atomic E-state index is 0.0315. The van der Waals surface area contributed by atoms with Crippen LogP contribution in [-0.4, -0.2) is 34.7 Å². The molecule has 0 aliphatic carbocycles. The number of nitrogens with zero attached hydrogens (tertiary/aromatic N) is 4. The van der Waals surface area contributed by atoms with Gasteiger partial charge in [0.15, 0.2) is 0 Å². The number of nitrogens with one attached hydrogen (secondary N) is 2. The van der Waals surface area contributed by atoms with E-state index in [0.717, 1.165) is 16.9 Å². The Hall–Kier alpha value is -2.70. The smallest absolute Gasteiger partial charge is 0.270 e. The van der Waals surface area contributed by atoms with Crippen molar-refractivity contribution in [3.05, 3.63) is 35.7 Å². The third-order valence-electron chi connectivity index (χ3n) is 3.81. The normalized spacial score (nSPS) is 12.1. The van der Waals surface area contributed by atoms with Gasteiger partial charge in [-0.25, -0.2) is 8.42 Å². The first kappa shape index (κ1) is 21.0. The van der Waals surface area contributed by atoms with Crippen molar-refractivity contribution in [1.82, 2.24) is 25.1 Å². The molecule has 0 saturated heterocycles. The maximum atomic E-state index is 12.3. The Bertz CT molecular complexity index is 1110. The standard InChI is InChI=1S/C17H20N6O4S2/c1-10(24)19-15-21-22-16(28-15)29(25,26)18-9-13-20-14(23-27-13)11-5-7-12(8-6-11)17(2,3)4/h5-8,18H,9H2,1-4H3,(H,19,21,24). The minimum Gasteiger partial charge on any atom is -0.338 e. The second-order valence-electron chi connectivity index (χ2n) is 7.22. The van der Waals surface area contributed by atoms with E-state index in [2.05, 4.69) is 51.1 Å². The molecule has 3 rings (SSSR count). The molecule has 3 aromatic rings. The Morgan fingerprint density at radius 2 is 1.86 bits per heavy atom. The van der Waals surface area contributed by atoms with Gasteiger partial charge in [-0.1, -0.05) is 61.5 Å². The molecule has 0 atom stereocenters. The van der Waals surface area contributed by atoms with Crippen molar-refractivity contribution < 1.29 is 17.7 Å². The molecule has 2 aromatic heterocycles. The second-order valence-corrected chi connectivity index (χ2v) is 10.1. The number of sulfonamides is 1. The van der Waals surface area contributed by atoms with Crippen molar-refractivity contribution in [2.45, 2.75) is 44.0 Å². The molecule has 2 N–H and O–H groups in total. The van der Waals surface area contributed by atoms with Gasteiger partial charge >= 0.3 is 0 Å². The Morgan fingerprint density at radius 1 is 1.17 bits per heavy atom. The molecule has 0 radical (unpaired) electrons. The lowest BCUT2D eigenvalue weighted by atomic mass is 9.87. The molecule has 10 nitrogen and oxygen atoms in total. The molecule has 0 aliphatic rings. The van der Waals surface area contributed by atoms with Gasteiger partial charge in [0.05, 0.1) is 6.54 Å². The number of benzene rings is 1. The van der Waals surface area contributed by atoms with Crippen LogP contribution in [0.1, 0.15) is 39.1 Å². The Balaban J connectivity index is 1.67. The van der Waals surface area contributed by atoms with E-state index in [1.165, 1.54) is 12.5 Å². The molecule has 0 saturated carbocycles. The molecule has 29 heavy (non-hydrogen) atoms. The Labute approximate surface area is 171 Å². The van der Waals surface area contributed by atoms with Gasteiger partial charge in [-0.15, -0.1) is 10.2 Å². The molecule has 0 bridgehead atoms. The number of hydrogen-bond donors (Lipinski definition) is 2. The quantitative estimate of drug-likeness (QED) is 0.561. The Morgan fingerprint density at radius 3 is 2.48 bits per heavy atom. The minimum atomic E-state index is -3.93. The molecular formula is C17H20N6O4S2. The summed E-state index contributed by atoms with van der Waals surface area (Å²) in [6.45, 7) is 7.45. The third kappa shape index (κ3) is 5.22. The van der Waals surface area contributed by atoms with Gasteiger partial charge in [-0.3, -0.25) is 4.79 Å². The van der Waals surface area contributed by atoms with Crippen LogP contribution in [0.3, 0.4) is 0 Å². The maximum absolute atomic E-state index is 12.3. The van der Waals surface area contributed by atoms with Crippen LogP contribution in [0, 0.1) is 0 Å². The summed E-state index contributed by atoms with van der Waals surface area (Å²) >= 11 is 0.737. The van der Waals surface area contributed by atoms with E-state index < -0.39 is 10.0 Å². The fraction of sp³-hybridized carbons (Fsp3) is 0.353. The highest BCUT2D eigenvalue weighted by molar-refractivity contribution is 7.91. The molecule has 0 aliphatic heterocycles. The van der Waals surface area contributed by atoms with E-state index in [9.17, 15) is 13.2 Å². The van der Waals surface area contributed by atoms with Crippen LogP contribution in [0.15, 0.2) is 33.1 Å². The summed E-state index contributed by atoms with van der Waals surface area (Å²) in [6.07, 6.45) is 0. The van der Waals surface area contributed by atoms with Gasteiger partial charge in [-0.05, 0) is 11.0 Å². The van der Waals surface area contributed by atoms with Gasteiger partial charge in [0.25, 0.3) is 10.0 Å². The molecule has 0 fully saturated rings. The first-order valence-corrected chi connectivity index (χ1v) is 10.9. The van der Waals surface area contributed by atoms with E-state index in [-0.39, 0.29) is 33.2 Å². The average Bonchev–Trinajstić information content (AvgIpc) is 3.29. The number of carbonyl (C=O) groups is 1. The molecule has 0 unspecified atom stereocenters. The van der Waals surface area contributed by atoms with Crippen LogP contribution in [-0.2, 0) is 26.8 Å². The van der Waals surface area contributed by atoms with Crippen molar-refractivity contribution in [2.24, 2.45) is 0 Å². The number of aromatic nitrogens is 4. The lowest BCUT2D eigenvalue weighted by Crippen LogP contribution is -2.23. The SMILES string of the molecule is CC(=O)Nc1nnc(S(=O)(=O)NCc2nc(-c3ccc(C(C)(C)C)cc3)no2)s1. The van der Waals surface area contributed by atoms with Crippen LogP contribution in [0.5, 0.6) is 0 Å². The van der Waals surface area contributed by atoms with Gasteiger partial charge < -0.3 is 9.84 Å². The number of anilines is 1. The first-order chi connectivity index (χ1) is 13.5. The number of amides is 1. The highest BCUT2D eigenvalue weighted by Crippen LogP contribution is 2.25. The Kier molecular flexibility index (Phi) is 5.78. The summed E-state index contributed by atoms with van der Waals surface area (Å²) in [5.74, 6) is 0.102. The molecule has 154 valence electrons. The third-order valence-corrected chi connectivity index (χ3v) is 6.42. The van der Waals surface area contributed by atoms with Crippen molar-refractivity contribution >= 4 is 32.4 Å². The maximum Gasteiger partial charge on any atom is 0.270 e. The molecule has 1 amide bonds. The van der Waals surface area contributed by atoms with Crippen LogP contribution in [0.4, 0.5) is 5.13 Å². The number of rotatable bonds is 6. The summed E-state index contributed by atoms with van der Waals surface area (Å²) in [6, 6.07) is 7.78. The summed E-state index contributed by atoms with van der Waals surface area (Å²) < 4.78 is 31.8. The van der Waals surface area contributed by atoms with Crippen LogP contribution in [0.2, 0.25) is 0 Å². The topological polar surface area (TPSA) is 140 Å². The largest absolute Gasteiger partial charge is 0.338 e. The van der Waals surface area contributed by atoms with Gasteiger partial charge in [0.1, 0.15) is 0 Å². The van der Waals surface area contributed by atoms with E-state index in [1.807, 2.05) is 24.3 Å². The van der Waals surface area contributed by atoms with E-state index in [4.69, 9.17) is 4.52 Å². The van der Waals surface area contributed by atoms with Crippen molar-refractivity contribution in [3.8, 4) is 11.4 Å². The summed E-state index contributed by atoms with van der Waals surface area (Å²) in [4.78, 5) is 15.2. The second kappa shape index (κ2) is 7.97. The van der Waals surface area contributed by atoms with E-state index >= 15 is 0 Å². The zero-order chi connectivity index (χ0) is 21.2. The van der Waals surface area contributed by atoms with Crippen LogP contribution >= 0.6 is 11.3 Å². The van der Waals surface area contributed by atoms with E-state index in [1.54, 1.807) is 0 Å². The van der Waals surface area contributed by atoms with Crippen molar-refractivity contribution in [3.63, 3.8) is 0 Å². The van der Waals surface area contributed by atoms with Crippen molar-refractivity contribution in [1.29, 1.82) is 0 Å². The lowest BCUT2D eigenvalue weighted by molar-refractivity contribution is -0.114. The predicted octanol–water partition coefficient (Wildman–Crippen LogP) is 2.32. The highest BCUT2D eigenvalue weighted by Gasteiger charge is 2.22.